The Hall–Kier alpha value is -3.95. The molecule has 0 spiro atoms. The first kappa shape index (κ1) is 25.7. The Bertz CT molecular complexity index is 1610. The smallest absolute Gasteiger partial charge is 0.263 e. The number of imidazole rings is 1. The first-order valence-corrected chi connectivity index (χ1v) is 13.8. The molecule has 2 aromatic carbocycles. The van der Waals surface area contributed by atoms with Gasteiger partial charge in [0.2, 0.25) is 0 Å². The molecule has 192 valence electrons. The average Bonchev–Trinajstić information content (AvgIpc) is 3.65. The zero-order chi connectivity index (χ0) is 26.3. The van der Waals surface area contributed by atoms with Crippen molar-refractivity contribution in [2.24, 2.45) is 0 Å². The second kappa shape index (κ2) is 12.1. The molecule has 0 radical (unpaired) electrons. The molecule has 0 unspecified atom stereocenters. The maximum atomic E-state index is 12.8. The van der Waals surface area contributed by atoms with E-state index in [9.17, 15) is 9.59 Å². The SMILES string of the molecule is O=C(N[C@@H](CCCCCC(=O)c1ccc[nH]c1=S)c1ncc(-c2ccc3ccccc3c2)[nH]1)c1cncs1. The van der Waals surface area contributed by atoms with Gasteiger partial charge in [-0.1, -0.05) is 61.5 Å². The van der Waals surface area contributed by atoms with Crippen LogP contribution in [-0.4, -0.2) is 31.6 Å². The Morgan fingerprint density at radius 1 is 1.00 bits per heavy atom. The summed E-state index contributed by atoms with van der Waals surface area (Å²) >= 11 is 6.53. The Morgan fingerprint density at radius 2 is 1.87 bits per heavy atom. The number of carbonyl (C=O) groups is 2. The molecule has 0 bridgehead atoms. The van der Waals surface area contributed by atoms with Gasteiger partial charge in [0.25, 0.3) is 5.91 Å². The standard InChI is InChI=1S/C29H27N5O2S2/c35-25(22-9-6-14-31-29(22)37)11-3-1-2-10-23(34-28(36)26-17-30-18-38-26)27-32-16-24(33-27)21-13-12-19-7-4-5-8-20(19)15-21/h4-9,12-18,23H,1-3,10-11H2,(H,31,37)(H,32,33)(H,34,36)/t23-/m0/s1. The van der Waals surface area contributed by atoms with Crippen molar-refractivity contribution in [3.8, 4) is 11.3 Å². The van der Waals surface area contributed by atoms with E-state index in [0.29, 0.717) is 33.7 Å². The highest BCUT2D eigenvalue weighted by Crippen LogP contribution is 2.26. The third-order valence-corrected chi connectivity index (χ3v) is 7.57. The van der Waals surface area contributed by atoms with Crippen LogP contribution in [0.15, 0.2) is 78.7 Å². The van der Waals surface area contributed by atoms with Crippen molar-refractivity contribution in [3.63, 3.8) is 0 Å². The van der Waals surface area contributed by atoms with Crippen LogP contribution in [-0.2, 0) is 0 Å². The van der Waals surface area contributed by atoms with E-state index >= 15 is 0 Å². The number of H-pyrrole nitrogens is 2. The first-order valence-electron chi connectivity index (χ1n) is 12.5. The minimum Gasteiger partial charge on any atom is -0.352 e. The van der Waals surface area contributed by atoms with Gasteiger partial charge in [-0.25, -0.2) is 4.98 Å². The van der Waals surface area contributed by atoms with E-state index in [1.165, 1.54) is 16.7 Å². The molecule has 9 heteroatoms. The first-order chi connectivity index (χ1) is 18.6. The number of thiazole rings is 1. The summed E-state index contributed by atoms with van der Waals surface area (Å²) in [6.07, 6.45) is 8.65. The fraction of sp³-hybridized carbons (Fsp3) is 0.207. The molecule has 0 aliphatic carbocycles. The number of amides is 1. The normalized spacial score (nSPS) is 11.9. The summed E-state index contributed by atoms with van der Waals surface area (Å²) in [4.78, 5) is 40.9. The van der Waals surface area contributed by atoms with E-state index in [2.05, 4.69) is 55.6 Å². The summed E-state index contributed by atoms with van der Waals surface area (Å²) in [5, 5.41) is 5.45. The molecule has 38 heavy (non-hydrogen) atoms. The van der Waals surface area contributed by atoms with Crippen molar-refractivity contribution in [2.45, 2.75) is 38.1 Å². The van der Waals surface area contributed by atoms with Gasteiger partial charge in [-0.15, -0.1) is 11.3 Å². The molecule has 0 saturated carbocycles. The van der Waals surface area contributed by atoms with Crippen LogP contribution in [0.4, 0.5) is 0 Å². The quantitative estimate of drug-likeness (QED) is 0.0944. The van der Waals surface area contributed by atoms with Crippen LogP contribution >= 0.6 is 23.6 Å². The fourth-order valence-electron chi connectivity index (χ4n) is 4.44. The molecule has 3 aromatic heterocycles. The average molecular weight is 542 g/mol. The molecular weight excluding hydrogens is 514 g/mol. The maximum Gasteiger partial charge on any atom is 0.263 e. The van der Waals surface area contributed by atoms with E-state index in [0.717, 1.165) is 35.9 Å². The Kier molecular flexibility index (Phi) is 8.15. The summed E-state index contributed by atoms with van der Waals surface area (Å²) in [5.41, 5.74) is 4.14. The van der Waals surface area contributed by atoms with Crippen molar-refractivity contribution in [1.29, 1.82) is 0 Å². The number of carbonyl (C=O) groups excluding carboxylic acids is 2. The van der Waals surface area contributed by atoms with Crippen molar-refractivity contribution in [2.75, 3.05) is 0 Å². The van der Waals surface area contributed by atoms with Gasteiger partial charge in [0.1, 0.15) is 15.3 Å². The molecule has 3 N–H and O–H groups in total. The van der Waals surface area contributed by atoms with Crippen molar-refractivity contribution in [1.82, 2.24) is 25.3 Å². The molecule has 1 amide bonds. The number of fused-ring (bicyclic) bond motifs is 1. The van der Waals surface area contributed by atoms with Gasteiger partial charge in [0.05, 0.1) is 35.2 Å². The Morgan fingerprint density at radius 3 is 2.68 bits per heavy atom. The lowest BCUT2D eigenvalue weighted by atomic mass is 10.0. The topological polar surface area (TPSA) is 104 Å². The van der Waals surface area contributed by atoms with Crippen LogP contribution in [0.1, 0.15) is 64.0 Å². The van der Waals surface area contributed by atoms with Crippen LogP contribution in [0.2, 0.25) is 0 Å². The molecule has 0 aliphatic heterocycles. The second-order valence-electron chi connectivity index (χ2n) is 9.07. The number of Topliss-reactive ketones (excluding diaryl/α,β-unsaturated/α-hetero) is 1. The number of aromatic amines is 2. The minimum absolute atomic E-state index is 0.0490. The van der Waals surface area contributed by atoms with Crippen molar-refractivity contribution >= 4 is 46.0 Å². The van der Waals surface area contributed by atoms with E-state index in [1.54, 1.807) is 30.0 Å². The van der Waals surface area contributed by atoms with Gasteiger partial charge in [-0.3, -0.25) is 14.6 Å². The molecule has 7 nitrogen and oxygen atoms in total. The molecule has 0 saturated heterocycles. The summed E-state index contributed by atoms with van der Waals surface area (Å²) in [6, 6.07) is 17.8. The van der Waals surface area contributed by atoms with E-state index in [1.807, 2.05) is 18.3 Å². The molecule has 0 aliphatic rings. The molecular formula is C29H27N5O2S2. The number of benzene rings is 2. The molecule has 0 fully saturated rings. The van der Waals surface area contributed by atoms with Crippen LogP contribution < -0.4 is 5.32 Å². The maximum absolute atomic E-state index is 12.8. The number of nitrogens with one attached hydrogen (secondary N) is 3. The predicted octanol–water partition coefficient (Wildman–Crippen LogP) is 7.05. The van der Waals surface area contributed by atoms with Crippen LogP contribution in [0, 0.1) is 4.64 Å². The molecule has 1 atom stereocenters. The summed E-state index contributed by atoms with van der Waals surface area (Å²) in [5.74, 6) is 0.584. The van der Waals surface area contributed by atoms with Gasteiger partial charge < -0.3 is 15.3 Å². The zero-order valence-electron chi connectivity index (χ0n) is 20.6. The number of unbranched alkanes of at least 4 members (excludes halogenated alkanes) is 2. The highest BCUT2D eigenvalue weighted by Gasteiger charge is 2.20. The summed E-state index contributed by atoms with van der Waals surface area (Å²) < 4.78 is 0.475. The molecule has 3 heterocycles. The van der Waals surface area contributed by atoms with Gasteiger partial charge in [0, 0.05) is 18.2 Å². The van der Waals surface area contributed by atoms with Crippen LogP contribution in [0.25, 0.3) is 22.0 Å². The number of nitrogens with zero attached hydrogens (tertiary/aromatic N) is 2. The van der Waals surface area contributed by atoms with Crippen molar-refractivity contribution < 1.29 is 9.59 Å². The third-order valence-electron chi connectivity index (χ3n) is 6.46. The Balaban J connectivity index is 1.25. The second-order valence-corrected chi connectivity index (χ2v) is 10.4. The van der Waals surface area contributed by atoms with Gasteiger partial charge in [-0.05, 0) is 41.8 Å². The predicted molar refractivity (Wildman–Crippen MR) is 153 cm³/mol. The number of rotatable bonds is 11. The van der Waals surface area contributed by atoms with E-state index in [4.69, 9.17) is 12.2 Å². The summed E-state index contributed by atoms with van der Waals surface area (Å²) in [6.45, 7) is 0. The number of pyridine rings is 1. The monoisotopic (exact) mass is 541 g/mol. The third kappa shape index (κ3) is 6.12. The van der Waals surface area contributed by atoms with E-state index < -0.39 is 0 Å². The Labute approximate surface area is 229 Å². The molecule has 5 rings (SSSR count). The van der Waals surface area contributed by atoms with Crippen LogP contribution in [0.3, 0.4) is 0 Å². The number of hydrogen-bond donors (Lipinski definition) is 3. The largest absolute Gasteiger partial charge is 0.352 e. The lowest BCUT2D eigenvalue weighted by Crippen LogP contribution is -2.28. The highest BCUT2D eigenvalue weighted by molar-refractivity contribution is 7.71. The number of aromatic nitrogens is 4. The van der Waals surface area contributed by atoms with Gasteiger partial charge in [0.15, 0.2) is 5.78 Å². The van der Waals surface area contributed by atoms with Gasteiger partial charge in [-0.2, -0.15) is 0 Å². The van der Waals surface area contributed by atoms with Gasteiger partial charge >= 0.3 is 0 Å². The zero-order valence-corrected chi connectivity index (χ0v) is 22.3. The number of ketones is 1. The highest BCUT2D eigenvalue weighted by atomic mass is 32.1. The molecule has 5 aromatic rings. The lowest BCUT2D eigenvalue weighted by molar-refractivity contribution is 0.0935. The van der Waals surface area contributed by atoms with Crippen LogP contribution in [0.5, 0.6) is 0 Å². The summed E-state index contributed by atoms with van der Waals surface area (Å²) in [7, 11) is 0. The number of hydrogen-bond acceptors (Lipinski definition) is 6. The van der Waals surface area contributed by atoms with Crippen molar-refractivity contribution in [3.05, 3.63) is 99.6 Å². The lowest BCUT2D eigenvalue weighted by Gasteiger charge is -2.16. The minimum atomic E-state index is -0.294. The fourth-order valence-corrected chi connectivity index (χ4v) is 5.21. The van der Waals surface area contributed by atoms with E-state index in [-0.39, 0.29) is 17.7 Å².